The third-order valence-electron chi connectivity index (χ3n) is 4.09. The van der Waals surface area contributed by atoms with E-state index in [4.69, 9.17) is 0 Å². The maximum atomic E-state index is 12.4. The Morgan fingerprint density at radius 3 is 2.54 bits per heavy atom. The molecule has 0 aromatic heterocycles. The Hall–Kier alpha value is -3.75. The molecule has 9 nitrogen and oxygen atoms in total. The first-order chi connectivity index (χ1) is 12.3. The van der Waals surface area contributed by atoms with Crippen molar-refractivity contribution in [2.75, 3.05) is 5.32 Å². The van der Waals surface area contributed by atoms with E-state index in [0.29, 0.717) is 11.3 Å². The van der Waals surface area contributed by atoms with Crippen LogP contribution < -0.4 is 16.0 Å². The van der Waals surface area contributed by atoms with Gasteiger partial charge >= 0.3 is 6.03 Å². The molecule has 3 N–H and O–H groups in total. The summed E-state index contributed by atoms with van der Waals surface area (Å²) in [6.07, 6.45) is 0. The molecule has 4 amide bonds. The number of para-hydroxylation sites is 1. The summed E-state index contributed by atoms with van der Waals surface area (Å²) in [7, 11) is 0. The highest BCUT2D eigenvalue weighted by Crippen LogP contribution is 2.27. The van der Waals surface area contributed by atoms with E-state index in [1.54, 1.807) is 18.2 Å². The Labute approximate surface area is 147 Å². The van der Waals surface area contributed by atoms with Crippen LogP contribution in [-0.4, -0.2) is 22.8 Å². The smallest absolute Gasteiger partial charge is 0.322 e. The summed E-state index contributed by atoms with van der Waals surface area (Å²) < 4.78 is 0. The lowest BCUT2D eigenvalue weighted by Gasteiger charge is -2.21. The normalized spacial score (nSPS) is 18.8. The molecule has 26 heavy (non-hydrogen) atoms. The molecule has 2 aromatic carbocycles. The van der Waals surface area contributed by atoms with Crippen molar-refractivity contribution in [2.45, 2.75) is 12.5 Å². The van der Waals surface area contributed by atoms with E-state index in [2.05, 4.69) is 16.0 Å². The van der Waals surface area contributed by atoms with Crippen LogP contribution in [0.25, 0.3) is 0 Å². The summed E-state index contributed by atoms with van der Waals surface area (Å²) in [4.78, 5) is 46.3. The van der Waals surface area contributed by atoms with Gasteiger partial charge in [-0.15, -0.1) is 0 Å². The highest BCUT2D eigenvalue weighted by atomic mass is 16.6. The number of hydrogen-bond donors (Lipinski definition) is 3. The summed E-state index contributed by atoms with van der Waals surface area (Å²) in [5.41, 5.74) is -0.866. The number of benzene rings is 2. The molecule has 0 unspecified atom stereocenters. The summed E-state index contributed by atoms with van der Waals surface area (Å²) in [5, 5.41) is 18.3. The maximum absolute atomic E-state index is 12.4. The van der Waals surface area contributed by atoms with Gasteiger partial charge in [-0.2, -0.15) is 0 Å². The zero-order valence-electron chi connectivity index (χ0n) is 13.6. The third kappa shape index (κ3) is 2.97. The van der Waals surface area contributed by atoms with Crippen LogP contribution in [0.3, 0.4) is 0 Å². The van der Waals surface area contributed by atoms with Gasteiger partial charge in [0.1, 0.15) is 11.1 Å². The minimum Gasteiger partial charge on any atom is -0.322 e. The Morgan fingerprint density at radius 1 is 1.15 bits per heavy atom. The molecule has 3 rings (SSSR count). The van der Waals surface area contributed by atoms with Crippen molar-refractivity contribution in [3.8, 4) is 0 Å². The highest BCUT2D eigenvalue weighted by molar-refractivity contribution is 6.08. The van der Waals surface area contributed by atoms with Gasteiger partial charge in [0.15, 0.2) is 0 Å². The number of amides is 4. The zero-order chi connectivity index (χ0) is 18.9. The number of nitro groups is 1. The van der Waals surface area contributed by atoms with Gasteiger partial charge in [-0.1, -0.05) is 24.3 Å². The van der Waals surface area contributed by atoms with Gasteiger partial charge < -0.3 is 10.6 Å². The second kappa shape index (κ2) is 6.28. The van der Waals surface area contributed by atoms with Gasteiger partial charge in [0.05, 0.1) is 4.92 Å². The standard InChI is InChI=1S/C17H14N4O5/c1-17(15(23)19-16(24)20-17)10-5-4-6-11(9-10)18-14(22)12-7-2-3-8-13(12)21(25)26/h2-9H,1H3,(H,18,22)(H2,19,20,23,24)/t17-/m0/s1. The lowest BCUT2D eigenvalue weighted by atomic mass is 9.92. The zero-order valence-corrected chi connectivity index (χ0v) is 13.6. The lowest BCUT2D eigenvalue weighted by Crippen LogP contribution is -2.40. The second-order valence-electron chi connectivity index (χ2n) is 5.84. The third-order valence-corrected chi connectivity index (χ3v) is 4.09. The monoisotopic (exact) mass is 354 g/mol. The van der Waals surface area contributed by atoms with Gasteiger partial charge in [-0.25, -0.2) is 4.79 Å². The lowest BCUT2D eigenvalue weighted by molar-refractivity contribution is -0.385. The number of urea groups is 1. The number of anilines is 1. The van der Waals surface area contributed by atoms with Gasteiger partial charge in [-0.05, 0) is 30.7 Å². The number of hydrogen-bond acceptors (Lipinski definition) is 5. The van der Waals surface area contributed by atoms with Crippen molar-refractivity contribution in [1.29, 1.82) is 0 Å². The van der Waals surface area contributed by atoms with E-state index in [0.717, 1.165) is 0 Å². The van der Waals surface area contributed by atoms with E-state index >= 15 is 0 Å². The van der Waals surface area contributed by atoms with Crippen LogP contribution in [0.15, 0.2) is 48.5 Å². The quantitative estimate of drug-likeness (QED) is 0.438. The number of imide groups is 1. The van der Waals surface area contributed by atoms with E-state index in [1.165, 1.54) is 37.3 Å². The van der Waals surface area contributed by atoms with Crippen LogP contribution in [0.1, 0.15) is 22.8 Å². The molecule has 1 saturated heterocycles. The topological polar surface area (TPSA) is 130 Å². The molecule has 0 spiro atoms. The van der Waals surface area contributed by atoms with Crippen molar-refractivity contribution in [3.63, 3.8) is 0 Å². The number of nitro benzene ring substituents is 1. The second-order valence-corrected chi connectivity index (χ2v) is 5.84. The van der Waals surface area contributed by atoms with Crippen molar-refractivity contribution >= 4 is 29.2 Å². The molecule has 1 fully saturated rings. The number of nitrogens with zero attached hydrogens (tertiary/aromatic N) is 1. The van der Waals surface area contributed by atoms with E-state index in [-0.39, 0.29) is 11.3 Å². The average molecular weight is 354 g/mol. The van der Waals surface area contributed by atoms with E-state index in [9.17, 15) is 24.5 Å². The highest BCUT2D eigenvalue weighted by Gasteiger charge is 2.43. The molecule has 1 heterocycles. The Kier molecular flexibility index (Phi) is 4.13. The molecule has 1 atom stereocenters. The van der Waals surface area contributed by atoms with Crippen LogP contribution in [-0.2, 0) is 10.3 Å². The Morgan fingerprint density at radius 2 is 1.88 bits per heavy atom. The summed E-state index contributed by atoms with van der Waals surface area (Å²) in [6, 6.07) is 11.3. The summed E-state index contributed by atoms with van der Waals surface area (Å²) >= 11 is 0. The number of nitrogens with one attached hydrogen (secondary N) is 3. The first-order valence-corrected chi connectivity index (χ1v) is 7.60. The molecular formula is C17H14N4O5. The van der Waals surface area contributed by atoms with Crippen LogP contribution in [0.5, 0.6) is 0 Å². The van der Waals surface area contributed by atoms with Gasteiger partial charge in [0.25, 0.3) is 17.5 Å². The first kappa shape index (κ1) is 17.1. The first-order valence-electron chi connectivity index (χ1n) is 7.60. The molecule has 1 aliphatic rings. The maximum Gasteiger partial charge on any atom is 0.322 e. The van der Waals surface area contributed by atoms with Crippen LogP contribution in [0.4, 0.5) is 16.2 Å². The largest absolute Gasteiger partial charge is 0.322 e. The number of carbonyl (C=O) groups excluding carboxylic acids is 3. The molecule has 0 radical (unpaired) electrons. The molecule has 9 heteroatoms. The minimum absolute atomic E-state index is 0.0824. The predicted molar refractivity (Wildman–Crippen MR) is 91.5 cm³/mol. The summed E-state index contributed by atoms with van der Waals surface area (Å²) in [5.74, 6) is -1.16. The molecule has 132 valence electrons. The van der Waals surface area contributed by atoms with E-state index < -0.39 is 28.3 Å². The molecule has 1 aliphatic heterocycles. The fourth-order valence-corrected chi connectivity index (χ4v) is 2.68. The minimum atomic E-state index is -1.27. The Balaban J connectivity index is 1.88. The van der Waals surface area contributed by atoms with E-state index in [1.807, 2.05) is 0 Å². The van der Waals surface area contributed by atoms with Crippen LogP contribution >= 0.6 is 0 Å². The molecular weight excluding hydrogens is 340 g/mol. The van der Waals surface area contributed by atoms with Crippen molar-refractivity contribution in [2.24, 2.45) is 0 Å². The fraction of sp³-hybridized carbons (Fsp3) is 0.118. The van der Waals surface area contributed by atoms with Gasteiger partial charge in [0, 0.05) is 11.8 Å². The Bertz CT molecular complexity index is 942. The molecule has 0 aliphatic carbocycles. The molecule has 0 bridgehead atoms. The number of carbonyl (C=O) groups is 3. The average Bonchev–Trinajstić information content (AvgIpc) is 2.88. The van der Waals surface area contributed by atoms with Gasteiger partial charge in [-0.3, -0.25) is 25.0 Å². The van der Waals surface area contributed by atoms with Crippen molar-refractivity contribution in [1.82, 2.24) is 10.6 Å². The van der Waals surface area contributed by atoms with Crippen LogP contribution in [0.2, 0.25) is 0 Å². The molecule has 2 aromatic rings. The SMILES string of the molecule is C[C@@]1(c2cccc(NC(=O)c3ccccc3[N+](=O)[O-])c2)NC(=O)NC1=O. The fourth-order valence-electron chi connectivity index (χ4n) is 2.68. The number of rotatable bonds is 4. The van der Waals surface area contributed by atoms with Crippen LogP contribution in [0, 0.1) is 10.1 Å². The van der Waals surface area contributed by atoms with Crippen molar-refractivity contribution < 1.29 is 19.3 Å². The van der Waals surface area contributed by atoms with Gasteiger partial charge in [0.2, 0.25) is 0 Å². The predicted octanol–water partition coefficient (Wildman–Crippen LogP) is 1.90. The van der Waals surface area contributed by atoms with Crippen molar-refractivity contribution in [3.05, 3.63) is 69.8 Å². The summed E-state index contributed by atoms with van der Waals surface area (Å²) in [6.45, 7) is 1.54. The molecule has 0 saturated carbocycles.